The average molecular weight is 432 g/mol. The Morgan fingerprint density at radius 3 is 2.63 bits per heavy atom. The monoisotopic (exact) mass is 432 g/mol. The Kier molecular flexibility index (Phi) is 6.96. The van der Waals surface area contributed by atoms with Crippen LogP contribution in [0.1, 0.15) is 18.9 Å². The number of esters is 1. The summed E-state index contributed by atoms with van der Waals surface area (Å²) in [6, 6.07) is 12.0. The fraction of sp³-hybridized carbons (Fsp3) is 0.238. The van der Waals surface area contributed by atoms with Gasteiger partial charge in [0.2, 0.25) is 10.0 Å². The normalized spacial score (nSPS) is 11.4. The number of carbonyl (C=O) groups is 1. The van der Waals surface area contributed by atoms with Gasteiger partial charge in [-0.3, -0.25) is 9.78 Å². The summed E-state index contributed by atoms with van der Waals surface area (Å²) in [5, 5.41) is 0.342. The third-order valence-electron chi connectivity index (χ3n) is 4.25. The lowest BCUT2D eigenvalue weighted by atomic mass is 10.1. The smallest absolute Gasteiger partial charge is 0.307 e. The van der Waals surface area contributed by atoms with Crippen molar-refractivity contribution in [2.45, 2.75) is 24.8 Å². The van der Waals surface area contributed by atoms with E-state index in [-0.39, 0.29) is 24.5 Å². The number of carbonyl (C=O) groups excluding carboxylic acids is 1. The summed E-state index contributed by atoms with van der Waals surface area (Å²) in [5.41, 5.74) is 0.983. The van der Waals surface area contributed by atoms with Crippen LogP contribution >= 0.6 is 0 Å². The Hall–Kier alpha value is -3.04. The third kappa shape index (κ3) is 5.31. The minimum atomic E-state index is -3.75. The minimum absolute atomic E-state index is 0.0724. The van der Waals surface area contributed by atoms with Crippen molar-refractivity contribution < 1.29 is 27.1 Å². The number of pyridine rings is 1. The van der Waals surface area contributed by atoms with E-state index in [4.69, 9.17) is 9.47 Å². The highest BCUT2D eigenvalue weighted by Gasteiger charge is 2.15. The molecule has 3 aromatic rings. The van der Waals surface area contributed by atoms with Gasteiger partial charge in [-0.2, -0.15) is 0 Å². The van der Waals surface area contributed by atoms with E-state index in [1.165, 1.54) is 30.5 Å². The van der Waals surface area contributed by atoms with Gasteiger partial charge in [0.25, 0.3) is 0 Å². The van der Waals surface area contributed by atoms with E-state index in [0.717, 1.165) is 0 Å². The molecule has 0 radical (unpaired) electrons. The number of ether oxygens (including phenoxy) is 2. The molecule has 9 heteroatoms. The summed E-state index contributed by atoms with van der Waals surface area (Å²) in [6.45, 7) is 2.12. The first-order valence-corrected chi connectivity index (χ1v) is 10.8. The van der Waals surface area contributed by atoms with Gasteiger partial charge in [0.1, 0.15) is 18.2 Å². The molecule has 0 bridgehead atoms. The zero-order chi connectivity index (χ0) is 21.6. The third-order valence-corrected chi connectivity index (χ3v) is 5.73. The van der Waals surface area contributed by atoms with Crippen LogP contribution in [0.5, 0.6) is 5.75 Å². The molecule has 2 aromatic carbocycles. The maximum absolute atomic E-state index is 13.8. The Bertz CT molecular complexity index is 1130. The molecule has 1 heterocycles. The molecule has 0 saturated carbocycles. The van der Waals surface area contributed by atoms with Crippen molar-refractivity contribution >= 4 is 26.9 Å². The van der Waals surface area contributed by atoms with Crippen LogP contribution in [-0.4, -0.2) is 32.5 Å². The second-order valence-corrected chi connectivity index (χ2v) is 8.09. The Labute approximate surface area is 173 Å². The van der Waals surface area contributed by atoms with Crippen molar-refractivity contribution in [3.8, 4) is 5.75 Å². The van der Waals surface area contributed by atoms with Crippen LogP contribution in [0.2, 0.25) is 0 Å². The second kappa shape index (κ2) is 9.64. The van der Waals surface area contributed by atoms with Crippen LogP contribution in [0.25, 0.3) is 10.9 Å². The van der Waals surface area contributed by atoms with E-state index < -0.39 is 21.8 Å². The zero-order valence-corrected chi connectivity index (χ0v) is 17.1. The van der Waals surface area contributed by atoms with Gasteiger partial charge in [0.05, 0.1) is 23.4 Å². The standard InChI is InChI=1S/C21H21FN2O5S/c1-2-28-16-6-8-17(9-7-16)30(26,27)24-13-11-20(25)29-14-15-5-10-19(22)18-4-3-12-23-21(15)18/h3-10,12,24H,2,11,13-14H2,1H3. The molecule has 7 nitrogen and oxygen atoms in total. The number of hydrogen-bond acceptors (Lipinski definition) is 6. The fourth-order valence-electron chi connectivity index (χ4n) is 2.80. The quantitative estimate of drug-likeness (QED) is 0.522. The Morgan fingerprint density at radius 1 is 1.13 bits per heavy atom. The Morgan fingerprint density at radius 2 is 1.90 bits per heavy atom. The summed E-state index contributed by atoms with van der Waals surface area (Å²) >= 11 is 0. The van der Waals surface area contributed by atoms with Crippen LogP contribution in [-0.2, 0) is 26.2 Å². The molecule has 0 atom stereocenters. The van der Waals surface area contributed by atoms with Gasteiger partial charge in [0, 0.05) is 23.7 Å². The number of aromatic nitrogens is 1. The highest BCUT2D eigenvalue weighted by atomic mass is 32.2. The van der Waals surface area contributed by atoms with Gasteiger partial charge < -0.3 is 9.47 Å². The molecule has 0 aliphatic carbocycles. The lowest BCUT2D eigenvalue weighted by molar-refractivity contribution is -0.144. The lowest BCUT2D eigenvalue weighted by Crippen LogP contribution is -2.26. The summed E-state index contributed by atoms with van der Waals surface area (Å²) in [7, 11) is -3.75. The molecule has 30 heavy (non-hydrogen) atoms. The van der Waals surface area contributed by atoms with Crippen molar-refractivity contribution in [2.75, 3.05) is 13.2 Å². The molecule has 3 rings (SSSR count). The predicted octanol–water partition coefficient (Wildman–Crippen LogP) is 3.18. The maximum Gasteiger partial charge on any atom is 0.307 e. The van der Waals surface area contributed by atoms with Crippen LogP contribution in [0.3, 0.4) is 0 Å². The number of nitrogens with zero attached hydrogens (tertiary/aromatic N) is 1. The summed E-state index contributed by atoms with van der Waals surface area (Å²) in [4.78, 5) is 16.2. The van der Waals surface area contributed by atoms with Crippen molar-refractivity contribution in [3.05, 3.63) is 66.1 Å². The highest BCUT2D eigenvalue weighted by molar-refractivity contribution is 7.89. The minimum Gasteiger partial charge on any atom is -0.494 e. The van der Waals surface area contributed by atoms with Crippen molar-refractivity contribution in [1.82, 2.24) is 9.71 Å². The SMILES string of the molecule is CCOc1ccc(S(=O)(=O)NCCC(=O)OCc2ccc(F)c3cccnc23)cc1. The number of halogens is 1. The number of sulfonamides is 1. The van der Waals surface area contributed by atoms with Gasteiger partial charge >= 0.3 is 5.97 Å². The van der Waals surface area contributed by atoms with Gasteiger partial charge in [-0.15, -0.1) is 0 Å². The molecule has 0 amide bonds. The van der Waals surface area contributed by atoms with E-state index in [0.29, 0.717) is 28.8 Å². The number of nitrogens with one attached hydrogen (secondary N) is 1. The second-order valence-electron chi connectivity index (χ2n) is 6.32. The first kappa shape index (κ1) is 21.7. The van der Waals surface area contributed by atoms with E-state index in [1.807, 2.05) is 6.92 Å². The molecule has 0 spiro atoms. The van der Waals surface area contributed by atoms with Crippen LogP contribution in [0, 0.1) is 5.82 Å². The number of benzene rings is 2. The van der Waals surface area contributed by atoms with Crippen molar-refractivity contribution in [2.24, 2.45) is 0 Å². The van der Waals surface area contributed by atoms with Gasteiger partial charge in [-0.1, -0.05) is 6.07 Å². The molecular weight excluding hydrogens is 411 g/mol. The fourth-order valence-corrected chi connectivity index (χ4v) is 3.83. The Balaban J connectivity index is 1.52. The number of rotatable bonds is 9. The van der Waals surface area contributed by atoms with E-state index in [1.54, 1.807) is 24.3 Å². The van der Waals surface area contributed by atoms with Gasteiger partial charge in [-0.25, -0.2) is 17.5 Å². The average Bonchev–Trinajstić information content (AvgIpc) is 2.74. The van der Waals surface area contributed by atoms with Crippen LogP contribution < -0.4 is 9.46 Å². The summed E-state index contributed by atoms with van der Waals surface area (Å²) in [5.74, 6) is -0.419. The van der Waals surface area contributed by atoms with E-state index in [9.17, 15) is 17.6 Å². The van der Waals surface area contributed by atoms with E-state index >= 15 is 0 Å². The molecule has 1 N–H and O–H groups in total. The van der Waals surface area contributed by atoms with Crippen LogP contribution in [0.4, 0.5) is 4.39 Å². The van der Waals surface area contributed by atoms with Gasteiger partial charge in [0.15, 0.2) is 0 Å². The van der Waals surface area contributed by atoms with Crippen LogP contribution in [0.15, 0.2) is 59.6 Å². The molecule has 1 aromatic heterocycles. The first-order chi connectivity index (χ1) is 14.4. The molecule has 0 unspecified atom stereocenters. The highest BCUT2D eigenvalue weighted by Crippen LogP contribution is 2.20. The first-order valence-electron chi connectivity index (χ1n) is 9.31. The summed E-state index contributed by atoms with van der Waals surface area (Å²) in [6.07, 6.45) is 1.38. The lowest BCUT2D eigenvalue weighted by Gasteiger charge is -2.09. The molecule has 0 aliphatic heterocycles. The van der Waals surface area contributed by atoms with E-state index in [2.05, 4.69) is 9.71 Å². The molecule has 158 valence electrons. The number of hydrogen-bond donors (Lipinski definition) is 1. The maximum atomic E-state index is 13.8. The van der Waals surface area contributed by atoms with Crippen molar-refractivity contribution in [1.29, 1.82) is 0 Å². The molecule has 0 saturated heterocycles. The van der Waals surface area contributed by atoms with Gasteiger partial charge in [-0.05, 0) is 49.4 Å². The molecule has 0 fully saturated rings. The topological polar surface area (TPSA) is 94.6 Å². The molecular formula is C21H21FN2O5S. The predicted molar refractivity (Wildman–Crippen MR) is 109 cm³/mol. The largest absolute Gasteiger partial charge is 0.494 e. The molecule has 0 aliphatic rings. The summed E-state index contributed by atoms with van der Waals surface area (Å²) < 4.78 is 51.2. The van der Waals surface area contributed by atoms with Crippen molar-refractivity contribution in [3.63, 3.8) is 0 Å². The number of fused-ring (bicyclic) bond motifs is 1. The zero-order valence-electron chi connectivity index (χ0n) is 16.3.